The summed E-state index contributed by atoms with van der Waals surface area (Å²) in [5.74, 6) is 1.30. The number of aromatic nitrogens is 3. The van der Waals surface area contributed by atoms with Crippen LogP contribution in [0.2, 0.25) is 0 Å². The Labute approximate surface area is 157 Å². The van der Waals surface area contributed by atoms with E-state index in [0.717, 1.165) is 10.2 Å². The number of nitrogens with one attached hydrogen (secondary N) is 1. The molecule has 4 aromatic rings. The zero-order valence-corrected chi connectivity index (χ0v) is 16.0. The molecule has 0 unspecified atom stereocenters. The Bertz CT molecular complexity index is 1180. The fraction of sp³-hybridized carbons (Fsp3) is 0.0588. The summed E-state index contributed by atoms with van der Waals surface area (Å²) in [4.78, 5) is 4.83. The number of fused-ring (bicyclic) bond motifs is 1. The zero-order valence-electron chi connectivity index (χ0n) is 13.5. The van der Waals surface area contributed by atoms with Crippen molar-refractivity contribution in [3.8, 4) is 11.5 Å². The number of furan rings is 1. The molecular weight excluding hydrogens is 420 g/mol. The molecule has 0 bridgehead atoms. The smallest absolute Gasteiger partial charge is 0.175 e. The van der Waals surface area contributed by atoms with Gasteiger partial charge in [0, 0.05) is 18.0 Å². The van der Waals surface area contributed by atoms with Gasteiger partial charge in [-0.3, -0.25) is 0 Å². The SMILES string of the molecule is CS(=O)(=O)c1ccc(Nc2cc(-c3ccco3)nc3c(Br)cnn23)cc1. The molecular formula is C17H13BrN4O3S. The van der Waals surface area contributed by atoms with Crippen molar-refractivity contribution in [3.63, 3.8) is 0 Å². The third-order valence-corrected chi connectivity index (χ3v) is 5.45. The lowest BCUT2D eigenvalue weighted by atomic mass is 10.3. The molecule has 0 saturated heterocycles. The topological polar surface area (TPSA) is 89.5 Å². The Kier molecular flexibility index (Phi) is 4.04. The van der Waals surface area contributed by atoms with E-state index in [9.17, 15) is 8.42 Å². The van der Waals surface area contributed by atoms with Gasteiger partial charge in [-0.2, -0.15) is 9.61 Å². The monoisotopic (exact) mass is 432 g/mol. The van der Waals surface area contributed by atoms with E-state index in [-0.39, 0.29) is 4.90 Å². The summed E-state index contributed by atoms with van der Waals surface area (Å²) in [6, 6.07) is 12.0. The van der Waals surface area contributed by atoms with Crippen molar-refractivity contribution < 1.29 is 12.8 Å². The lowest BCUT2D eigenvalue weighted by Crippen LogP contribution is -2.03. The van der Waals surface area contributed by atoms with Crippen molar-refractivity contribution in [2.75, 3.05) is 11.6 Å². The summed E-state index contributed by atoms with van der Waals surface area (Å²) in [5.41, 5.74) is 2.01. The molecule has 1 N–H and O–H groups in total. The summed E-state index contributed by atoms with van der Waals surface area (Å²) in [5, 5.41) is 7.56. The van der Waals surface area contributed by atoms with E-state index in [2.05, 4.69) is 31.3 Å². The van der Waals surface area contributed by atoms with Gasteiger partial charge in [-0.05, 0) is 52.3 Å². The number of halogens is 1. The summed E-state index contributed by atoms with van der Waals surface area (Å²) in [6.07, 6.45) is 4.43. The van der Waals surface area contributed by atoms with Gasteiger partial charge in [-0.25, -0.2) is 13.4 Å². The largest absolute Gasteiger partial charge is 0.463 e. The van der Waals surface area contributed by atoms with Crippen LogP contribution in [0.3, 0.4) is 0 Å². The number of hydrogen-bond acceptors (Lipinski definition) is 6. The van der Waals surface area contributed by atoms with E-state index in [1.165, 1.54) is 6.26 Å². The van der Waals surface area contributed by atoms with Gasteiger partial charge in [-0.1, -0.05) is 0 Å². The van der Waals surface area contributed by atoms with Crippen molar-refractivity contribution in [2.24, 2.45) is 0 Å². The van der Waals surface area contributed by atoms with Crippen molar-refractivity contribution in [1.82, 2.24) is 14.6 Å². The molecule has 4 rings (SSSR count). The van der Waals surface area contributed by atoms with E-state index in [1.54, 1.807) is 47.3 Å². The van der Waals surface area contributed by atoms with Gasteiger partial charge < -0.3 is 9.73 Å². The number of rotatable bonds is 4. The highest BCUT2D eigenvalue weighted by molar-refractivity contribution is 9.10. The van der Waals surface area contributed by atoms with Crippen LogP contribution >= 0.6 is 15.9 Å². The molecule has 0 aliphatic heterocycles. The second-order valence-electron chi connectivity index (χ2n) is 5.65. The highest BCUT2D eigenvalue weighted by atomic mass is 79.9. The fourth-order valence-corrected chi connectivity index (χ4v) is 3.49. The average Bonchev–Trinajstić information content (AvgIpc) is 3.25. The van der Waals surface area contributed by atoms with E-state index in [1.807, 2.05) is 12.1 Å². The van der Waals surface area contributed by atoms with E-state index < -0.39 is 9.84 Å². The minimum atomic E-state index is -3.23. The lowest BCUT2D eigenvalue weighted by molar-refractivity contribution is 0.580. The van der Waals surface area contributed by atoms with Crippen LogP contribution in [0.1, 0.15) is 0 Å². The first-order chi connectivity index (χ1) is 12.4. The molecule has 9 heteroatoms. The van der Waals surface area contributed by atoms with Crippen molar-refractivity contribution in [1.29, 1.82) is 0 Å². The summed E-state index contributed by atoms with van der Waals surface area (Å²) in [6.45, 7) is 0. The van der Waals surface area contributed by atoms with Gasteiger partial charge in [0.15, 0.2) is 21.2 Å². The predicted octanol–water partition coefficient (Wildman–Crippen LogP) is 3.90. The first-order valence-electron chi connectivity index (χ1n) is 7.57. The Morgan fingerprint density at radius 2 is 1.96 bits per heavy atom. The standard InChI is InChI=1S/C17H13BrN4O3S/c1-26(23,24)12-6-4-11(5-7-12)20-16-9-14(15-3-2-8-25-15)21-17-13(18)10-19-22(16)17/h2-10,20H,1H3. The molecule has 0 amide bonds. The molecule has 0 saturated carbocycles. The number of benzene rings is 1. The first kappa shape index (κ1) is 16.8. The molecule has 0 aliphatic rings. The second kappa shape index (κ2) is 6.26. The quantitative estimate of drug-likeness (QED) is 0.525. The van der Waals surface area contributed by atoms with Gasteiger partial charge in [0.05, 0.1) is 21.8 Å². The highest BCUT2D eigenvalue weighted by Crippen LogP contribution is 2.28. The van der Waals surface area contributed by atoms with Gasteiger partial charge in [-0.15, -0.1) is 0 Å². The minimum Gasteiger partial charge on any atom is -0.463 e. The van der Waals surface area contributed by atoms with E-state index >= 15 is 0 Å². The average molecular weight is 433 g/mol. The maximum Gasteiger partial charge on any atom is 0.175 e. The van der Waals surface area contributed by atoms with E-state index in [4.69, 9.17) is 4.42 Å². The predicted molar refractivity (Wildman–Crippen MR) is 101 cm³/mol. The highest BCUT2D eigenvalue weighted by Gasteiger charge is 2.13. The molecule has 0 fully saturated rings. The Balaban J connectivity index is 1.78. The molecule has 7 nitrogen and oxygen atoms in total. The summed E-state index contributed by atoms with van der Waals surface area (Å²) >= 11 is 3.44. The molecule has 0 atom stereocenters. The Morgan fingerprint density at radius 1 is 1.19 bits per heavy atom. The van der Waals surface area contributed by atoms with Crippen LogP contribution in [0.25, 0.3) is 17.1 Å². The van der Waals surface area contributed by atoms with Crippen LogP contribution < -0.4 is 5.32 Å². The number of sulfone groups is 1. The Morgan fingerprint density at radius 3 is 2.62 bits per heavy atom. The molecule has 0 spiro atoms. The van der Waals surface area contributed by atoms with Crippen molar-refractivity contribution in [2.45, 2.75) is 4.90 Å². The molecule has 3 aromatic heterocycles. The minimum absolute atomic E-state index is 0.265. The van der Waals surface area contributed by atoms with Crippen LogP contribution in [-0.2, 0) is 9.84 Å². The van der Waals surface area contributed by atoms with Gasteiger partial charge >= 0.3 is 0 Å². The van der Waals surface area contributed by atoms with Crippen LogP contribution in [0.4, 0.5) is 11.5 Å². The molecule has 26 heavy (non-hydrogen) atoms. The van der Waals surface area contributed by atoms with Gasteiger partial charge in [0.1, 0.15) is 11.5 Å². The van der Waals surface area contributed by atoms with Crippen LogP contribution in [0.15, 0.2) is 68.7 Å². The van der Waals surface area contributed by atoms with Gasteiger partial charge in [0.2, 0.25) is 0 Å². The second-order valence-corrected chi connectivity index (χ2v) is 8.52. The third kappa shape index (κ3) is 3.11. The molecule has 0 radical (unpaired) electrons. The zero-order chi connectivity index (χ0) is 18.3. The number of anilines is 2. The summed E-state index contributed by atoms with van der Waals surface area (Å²) < 4.78 is 31.0. The van der Waals surface area contributed by atoms with E-state index in [0.29, 0.717) is 22.9 Å². The van der Waals surface area contributed by atoms with Gasteiger partial charge in [0.25, 0.3) is 0 Å². The number of nitrogens with zero attached hydrogens (tertiary/aromatic N) is 3. The van der Waals surface area contributed by atoms with Crippen LogP contribution in [0.5, 0.6) is 0 Å². The third-order valence-electron chi connectivity index (χ3n) is 3.76. The lowest BCUT2D eigenvalue weighted by Gasteiger charge is -2.10. The first-order valence-corrected chi connectivity index (χ1v) is 10.3. The molecule has 3 heterocycles. The van der Waals surface area contributed by atoms with Crippen molar-refractivity contribution in [3.05, 3.63) is 59.4 Å². The van der Waals surface area contributed by atoms with Crippen LogP contribution in [-0.4, -0.2) is 29.3 Å². The maximum absolute atomic E-state index is 11.6. The molecule has 132 valence electrons. The van der Waals surface area contributed by atoms with Crippen LogP contribution in [0, 0.1) is 0 Å². The normalized spacial score (nSPS) is 11.8. The fourth-order valence-electron chi connectivity index (χ4n) is 2.51. The maximum atomic E-state index is 11.6. The Hall–Kier alpha value is -2.65. The molecule has 1 aromatic carbocycles. The summed E-state index contributed by atoms with van der Waals surface area (Å²) in [7, 11) is -3.23. The molecule has 0 aliphatic carbocycles. The number of hydrogen-bond donors (Lipinski definition) is 1. The van der Waals surface area contributed by atoms with Crippen molar-refractivity contribution >= 4 is 42.9 Å².